The minimum absolute atomic E-state index is 0.142. The summed E-state index contributed by atoms with van der Waals surface area (Å²) >= 11 is 0. The largest absolute Gasteiger partial charge is 0.459 e. The number of ether oxygens (including phenoxy) is 1. The first-order valence-corrected chi connectivity index (χ1v) is 10.4. The number of esters is 1. The number of amides is 2. The lowest BCUT2D eigenvalue weighted by atomic mass is 9.81. The summed E-state index contributed by atoms with van der Waals surface area (Å²) in [6.45, 7) is 5.16. The van der Waals surface area contributed by atoms with Gasteiger partial charge in [0.25, 0.3) is 0 Å². The number of hydrogen-bond acceptors (Lipinski definition) is 6. The van der Waals surface area contributed by atoms with Crippen LogP contribution in [0.25, 0.3) is 11.0 Å². The molecule has 0 spiro atoms. The van der Waals surface area contributed by atoms with E-state index in [1.165, 1.54) is 13.0 Å². The lowest BCUT2D eigenvalue weighted by Crippen LogP contribution is -2.44. The van der Waals surface area contributed by atoms with E-state index in [9.17, 15) is 19.2 Å². The fraction of sp³-hybridized carbons (Fsp3) is 0.478. The molecule has 1 aromatic heterocycles. The van der Waals surface area contributed by atoms with Gasteiger partial charge >= 0.3 is 11.6 Å². The van der Waals surface area contributed by atoms with Crippen LogP contribution in [0, 0.1) is 25.7 Å². The number of likely N-dealkylation sites (tertiary alicyclic amines) is 1. The van der Waals surface area contributed by atoms with Crippen LogP contribution in [0.1, 0.15) is 49.3 Å². The van der Waals surface area contributed by atoms with Crippen molar-refractivity contribution in [2.45, 2.75) is 59.1 Å². The quantitative estimate of drug-likeness (QED) is 0.436. The summed E-state index contributed by atoms with van der Waals surface area (Å²) in [5.41, 5.74) is 2.31. The molecule has 0 bridgehead atoms. The standard InChI is InChI=1S/C23H25NO6/c1-12-8-9-16-15(10-19(25)30-20(16)13(12)2)11-29-23(28)14(3)24-21(26)17-6-4-5-7-18(17)22(24)27/h8-10,14,17-18H,4-7,11H2,1-3H3/t14-,17?,18?/m0/s1. The molecule has 2 aliphatic rings. The number of imide groups is 1. The predicted octanol–water partition coefficient (Wildman–Crippen LogP) is 3.02. The van der Waals surface area contributed by atoms with E-state index in [4.69, 9.17) is 9.15 Å². The van der Waals surface area contributed by atoms with Crippen LogP contribution >= 0.6 is 0 Å². The van der Waals surface area contributed by atoms with Crippen LogP contribution < -0.4 is 5.63 Å². The molecule has 0 N–H and O–H groups in total. The average Bonchev–Trinajstić information content (AvgIpc) is 2.99. The third-order valence-electron chi connectivity index (χ3n) is 6.49. The van der Waals surface area contributed by atoms with Crippen LogP contribution in [0.2, 0.25) is 0 Å². The SMILES string of the molecule is Cc1ccc2c(COC(=O)[C@H](C)N3C(=O)C4CCCCC4C3=O)cc(=O)oc2c1C. The van der Waals surface area contributed by atoms with Gasteiger partial charge in [0.1, 0.15) is 18.2 Å². The number of carbonyl (C=O) groups is 3. The van der Waals surface area contributed by atoms with Crippen molar-refractivity contribution in [3.05, 3.63) is 45.3 Å². The van der Waals surface area contributed by atoms with Crippen LogP contribution in [0.4, 0.5) is 0 Å². The lowest BCUT2D eigenvalue weighted by Gasteiger charge is -2.21. The number of hydrogen-bond donors (Lipinski definition) is 0. The van der Waals surface area contributed by atoms with Crippen molar-refractivity contribution in [1.29, 1.82) is 0 Å². The zero-order valence-corrected chi connectivity index (χ0v) is 17.4. The van der Waals surface area contributed by atoms with E-state index in [1.807, 2.05) is 26.0 Å². The highest BCUT2D eigenvalue weighted by Gasteiger charge is 2.51. The average molecular weight is 411 g/mol. The zero-order chi connectivity index (χ0) is 21.6. The highest BCUT2D eigenvalue weighted by molar-refractivity contribution is 6.07. The van der Waals surface area contributed by atoms with E-state index in [0.29, 0.717) is 29.4 Å². The monoisotopic (exact) mass is 411 g/mol. The molecule has 1 aliphatic heterocycles. The number of fused-ring (bicyclic) bond motifs is 2. The van der Waals surface area contributed by atoms with Crippen molar-refractivity contribution >= 4 is 28.8 Å². The Morgan fingerprint density at radius 2 is 1.77 bits per heavy atom. The fourth-order valence-corrected chi connectivity index (χ4v) is 4.59. The molecule has 30 heavy (non-hydrogen) atoms. The third kappa shape index (κ3) is 3.32. The number of benzene rings is 1. The molecule has 2 fully saturated rings. The second-order valence-corrected chi connectivity index (χ2v) is 8.30. The van der Waals surface area contributed by atoms with E-state index in [0.717, 1.165) is 28.9 Å². The van der Waals surface area contributed by atoms with Gasteiger partial charge in [-0.2, -0.15) is 0 Å². The molecular formula is C23H25NO6. The maximum Gasteiger partial charge on any atom is 0.336 e. The van der Waals surface area contributed by atoms with Gasteiger partial charge in [0.15, 0.2) is 0 Å². The van der Waals surface area contributed by atoms with Crippen LogP contribution in [0.5, 0.6) is 0 Å². The van der Waals surface area contributed by atoms with Crippen LogP contribution in [-0.4, -0.2) is 28.7 Å². The lowest BCUT2D eigenvalue weighted by molar-refractivity contribution is -0.159. The Hall–Kier alpha value is -2.96. The molecule has 2 heterocycles. The summed E-state index contributed by atoms with van der Waals surface area (Å²) < 4.78 is 10.8. The van der Waals surface area contributed by atoms with E-state index in [2.05, 4.69) is 0 Å². The minimum Gasteiger partial charge on any atom is -0.459 e. The Labute approximate surface area is 174 Å². The van der Waals surface area contributed by atoms with Gasteiger partial charge in [-0.25, -0.2) is 9.59 Å². The third-order valence-corrected chi connectivity index (χ3v) is 6.49. The molecule has 0 radical (unpaired) electrons. The van der Waals surface area contributed by atoms with Gasteiger partial charge in [-0.05, 0) is 44.7 Å². The van der Waals surface area contributed by atoms with Gasteiger partial charge in [-0.1, -0.05) is 25.0 Å². The highest BCUT2D eigenvalue weighted by Crippen LogP contribution is 2.39. The van der Waals surface area contributed by atoms with E-state index < -0.39 is 17.6 Å². The normalized spacial score (nSPS) is 22.3. The number of aryl methyl sites for hydroxylation is 2. The molecule has 2 unspecified atom stereocenters. The molecule has 2 amide bonds. The molecule has 158 valence electrons. The minimum atomic E-state index is -0.994. The Morgan fingerprint density at radius 1 is 1.13 bits per heavy atom. The Balaban J connectivity index is 1.53. The van der Waals surface area contributed by atoms with Crippen molar-refractivity contribution in [2.24, 2.45) is 11.8 Å². The van der Waals surface area contributed by atoms with Crippen LogP contribution in [-0.2, 0) is 25.7 Å². The Morgan fingerprint density at radius 3 is 2.40 bits per heavy atom. The molecule has 1 saturated carbocycles. The van der Waals surface area contributed by atoms with E-state index in [1.54, 1.807) is 0 Å². The summed E-state index contributed by atoms with van der Waals surface area (Å²) in [7, 11) is 0. The van der Waals surface area contributed by atoms with Gasteiger partial charge in [-0.15, -0.1) is 0 Å². The molecule has 2 aromatic rings. The van der Waals surface area contributed by atoms with Crippen molar-refractivity contribution in [2.75, 3.05) is 0 Å². The number of rotatable bonds is 4. The van der Waals surface area contributed by atoms with E-state index in [-0.39, 0.29) is 30.3 Å². The molecule has 4 rings (SSSR count). The summed E-state index contributed by atoms with van der Waals surface area (Å²) in [5.74, 6) is -1.83. The van der Waals surface area contributed by atoms with Gasteiger partial charge in [-0.3, -0.25) is 14.5 Å². The fourth-order valence-electron chi connectivity index (χ4n) is 4.59. The highest BCUT2D eigenvalue weighted by atomic mass is 16.5. The second kappa shape index (κ2) is 7.70. The molecular weight excluding hydrogens is 386 g/mol. The Kier molecular flexibility index (Phi) is 5.22. The first-order valence-electron chi connectivity index (χ1n) is 10.4. The Bertz CT molecular complexity index is 1080. The first-order chi connectivity index (χ1) is 14.3. The van der Waals surface area contributed by atoms with Gasteiger partial charge in [0, 0.05) is 17.0 Å². The second-order valence-electron chi connectivity index (χ2n) is 8.30. The first kappa shape index (κ1) is 20.3. The van der Waals surface area contributed by atoms with Crippen molar-refractivity contribution in [3.8, 4) is 0 Å². The molecule has 7 nitrogen and oxygen atoms in total. The number of carbonyl (C=O) groups excluding carboxylic acids is 3. The van der Waals surface area contributed by atoms with E-state index >= 15 is 0 Å². The van der Waals surface area contributed by atoms with Gasteiger partial charge < -0.3 is 9.15 Å². The summed E-state index contributed by atoms with van der Waals surface area (Å²) in [4.78, 5) is 51.1. The smallest absolute Gasteiger partial charge is 0.336 e. The van der Waals surface area contributed by atoms with Gasteiger partial charge in [0.2, 0.25) is 11.8 Å². The van der Waals surface area contributed by atoms with Gasteiger partial charge in [0.05, 0.1) is 11.8 Å². The summed E-state index contributed by atoms with van der Waals surface area (Å²) in [6.07, 6.45) is 3.24. The maximum absolute atomic E-state index is 12.7. The van der Waals surface area contributed by atoms with Crippen molar-refractivity contribution in [3.63, 3.8) is 0 Å². The van der Waals surface area contributed by atoms with Crippen LogP contribution in [0.3, 0.4) is 0 Å². The van der Waals surface area contributed by atoms with Crippen molar-refractivity contribution < 1.29 is 23.5 Å². The summed E-state index contributed by atoms with van der Waals surface area (Å²) in [6, 6.07) is 4.04. The summed E-state index contributed by atoms with van der Waals surface area (Å²) in [5, 5.41) is 0.692. The van der Waals surface area contributed by atoms with Crippen molar-refractivity contribution in [1.82, 2.24) is 4.90 Å². The number of nitrogens with zero attached hydrogens (tertiary/aromatic N) is 1. The molecule has 1 saturated heterocycles. The predicted molar refractivity (Wildman–Crippen MR) is 109 cm³/mol. The molecule has 1 aliphatic carbocycles. The molecule has 7 heteroatoms. The molecule has 1 aromatic carbocycles. The molecule has 3 atom stereocenters. The zero-order valence-electron chi connectivity index (χ0n) is 17.4. The van der Waals surface area contributed by atoms with Crippen LogP contribution in [0.15, 0.2) is 27.4 Å². The maximum atomic E-state index is 12.7. The topological polar surface area (TPSA) is 93.9 Å².